The van der Waals surface area contributed by atoms with E-state index in [9.17, 15) is 33.9 Å². The van der Waals surface area contributed by atoms with Gasteiger partial charge >= 0.3 is 0 Å². The SMILES string of the molecule is O=C(NC(CO)C(O)c1ccc([N+](=O)[O-])cc1)c1ccn(COc2ccc(F)cc2F)n1. The predicted molar refractivity (Wildman–Crippen MR) is 106 cm³/mol. The van der Waals surface area contributed by atoms with Crippen LogP contribution in [0.5, 0.6) is 5.75 Å². The molecule has 3 aromatic rings. The number of aromatic nitrogens is 2. The van der Waals surface area contributed by atoms with Crippen LogP contribution in [-0.2, 0) is 6.73 Å². The van der Waals surface area contributed by atoms with Crippen LogP contribution in [-0.4, -0.2) is 43.5 Å². The second-order valence-corrected chi connectivity index (χ2v) is 6.64. The molecule has 0 aliphatic heterocycles. The van der Waals surface area contributed by atoms with Crippen molar-refractivity contribution in [3.8, 4) is 5.75 Å². The molecule has 0 spiro atoms. The monoisotopic (exact) mass is 448 g/mol. The molecule has 1 amide bonds. The first kappa shape index (κ1) is 22.8. The summed E-state index contributed by atoms with van der Waals surface area (Å²) in [4.78, 5) is 22.6. The fourth-order valence-electron chi connectivity index (χ4n) is 2.77. The van der Waals surface area contributed by atoms with Gasteiger partial charge < -0.3 is 20.3 Å². The van der Waals surface area contributed by atoms with E-state index in [0.717, 1.165) is 12.1 Å². The number of aliphatic hydroxyl groups is 2. The maximum Gasteiger partial charge on any atom is 0.272 e. The van der Waals surface area contributed by atoms with Crippen molar-refractivity contribution in [2.45, 2.75) is 18.9 Å². The van der Waals surface area contributed by atoms with E-state index in [1.54, 1.807) is 0 Å². The minimum Gasteiger partial charge on any atom is -0.468 e. The van der Waals surface area contributed by atoms with E-state index >= 15 is 0 Å². The largest absolute Gasteiger partial charge is 0.468 e. The number of hydrogen-bond donors (Lipinski definition) is 3. The van der Waals surface area contributed by atoms with E-state index < -0.39 is 41.2 Å². The molecule has 0 saturated heterocycles. The molecule has 2 aromatic carbocycles. The zero-order chi connectivity index (χ0) is 23.3. The fourth-order valence-corrected chi connectivity index (χ4v) is 2.77. The molecule has 32 heavy (non-hydrogen) atoms. The first-order valence-corrected chi connectivity index (χ1v) is 9.24. The van der Waals surface area contributed by atoms with Crippen LogP contribution in [0.1, 0.15) is 22.2 Å². The molecule has 0 saturated carbocycles. The Labute approximate surface area is 179 Å². The van der Waals surface area contributed by atoms with Crippen molar-refractivity contribution < 1.29 is 33.4 Å². The zero-order valence-electron chi connectivity index (χ0n) is 16.4. The van der Waals surface area contributed by atoms with Crippen molar-refractivity contribution in [3.05, 3.63) is 87.7 Å². The average molecular weight is 448 g/mol. The molecular weight excluding hydrogens is 430 g/mol. The molecule has 1 heterocycles. The highest BCUT2D eigenvalue weighted by Gasteiger charge is 2.24. The summed E-state index contributed by atoms with van der Waals surface area (Å²) in [5.74, 6) is -2.54. The summed E-state index contributed by atoms with van der Waals surface area (Å²) in [5.41, 5.74) is 0.0246. The molecule has 3 N–H and O–H groups in total. The summed E-state index contributed by atoms with van der Waals surface area (Å²) in [6.07, 6.45) is 0.0495. The quantitative estimate of drug-likeness (QED) is 0.336. The van der Waals surface area contributed by atoms with E-state index in [-0.39, 0.29) is 29.4 Å². The van der Waals surface area contributed by atoms with Gasteiger partial charge in [-0.05, 0) is 35.9 Å². The highest BCUT2D eigenvalue weighted by Crippen LogP contribution is 2.21. The smallest absolute Gasteiger partial charge is 0.272 e. The number of carbonyl (C=O) groups is 1. The van der Waals surface area contributed by atoms with Crippen molar-refractivity contribution in [3.63, 3.8) is 0 Å². The third-order valence-electron chi connectivity index (χ3n) is 4.46. The van der Waals surface area contributed by atoms with Crippen LogP contribution in [0.25, 0.3) is 0 Å². The fraction of sp³-hybridized carbons (Fsp3) is 0.200. The number of aliphatic hydroxyl groups excluding tert-OH is 2. The Balaban J connectivity index is 1.61. The van der Waals surface area contributed by atoms with Gasteiger partial charge in [-0.3, -0.25) is 14.9 Å². The van der Waals surface area contributed by atoms with Gasteiger partial charge in [-0.15, -0.1) is 0 Å². The van der Waals surface area contributed by atoms with Crippen LogP contribution in [0, 0.1) is 21.7 Å². The van der Waals surface area contributed by atoms with Crippen LogP contribution in [0.2, 0.25) is 0 Å². The number of nitrogens with zero attached hydrogens (tertiary/aromatic N) is 3. The molecule has 1 aromatic heterocycles. The lowest BCUT2D eigenvalue weighted by Gasteiger charge is -2.22. The number of halogens is 2. The van der Waals surface area contributed by atoms with Crippen molar-refractivity contribution in [1.29, 1.82) is 0 Å². The molecule has 0 radical (unpaired) electrons. The molecule has 0 bridgehead atoms. The van der Waals surface area contributed by atoms with Gasteiger partial charge in [-0.1, -0.05) is 0 Å². The molecule has 12 heteroatoms. The maximum absolute atomic E-state index is 13.6. The highest BCUT2D eigenvalue weighted by molar-refractivity contribution is 5.92. The van der Waals surface area contributed by atoms with E-state index in [2.05, 4.69) is 10.4 Å². The number of carbonyl (C=O) groups excluding carboxylic acids is 1. The Morgan fingerprint density at radius 3 is 2.56 bits per heavy atom. The lowest BCUT2D eigenvalue weighted by Crippen LogP contribution is -2.42. The number of benzene rings is 2. The minimum absolute atomic E-state index is 0.0671. The molecule has 168 valence electrons. The Hall–Kier alpha value is -3.90. The van der Waals surface area contributed by atoms with Crippen LogP contribution in [0.3, 0.4) is 0 Å². The molecule has 3 rings (SSSR count). The van der Waals surface area contributed by atoms with Gasteiger partial charge in [0.15, 0.2) is 18.3 Å². The van der Waals surface area contributed by atoms with Crippen LogP contribution in [0.15, 0.2) is 54.7 Å². The van der Waals surface area contributed by atoms with Gasteiger partial charge in [-0.25, -0.2) is 13.5 Å². The van der Waals surface area contributed by atoms with E-state index in [0.29, 0.717) is 6.07 Å². The van der Waals surface area contributed by atoms with Crippen molar-refractivity contribution in [1.82, 2.24) is 15.1 Å². The van der Waals surface area contributed by atoms with Crippen LogP contribution in [0.4, 0.5) is 14.5 Å². The van der Waals surface area contributed by atoms with Gasteiger partial charge in [0, 0.05) is 24.4 Å². The number of rotatable bonds is 9. The van der Waals surface area contributed by atoms with Crippen LogP contribution >= 0.6 is 0 Å². The second kappa shape index (κ2) is 9.94. The first-order valence-electron chi connectivity index (χ1n) is 9.24. The Kier molecular flexibility index (Phi) is 7.07. The van der Waals surface area contributed by atoms with Gasteiger partial charge in [0.25, 0.3) is 11.6 Å². The number of nitrogens with one attached hydrogen (secondary N) is 1. The number of ether oxygens (including phenoxy) is 1. The number of non-ortho nitro benzene ring substituents is 1. The molecule has 0 aliphatic rings. The first-order chi connectivity index (χ1) is 15.3. The number of amides is 1. The topological polar surface area (TPSA) is 140 Å². The zero-order valence-corrected chi connectivity index (χ0v) is 16.4. The lowest BCUT2D eigenvalue weighted by atomic mass is 10.0. The van der Waals surface area contributed by atoms with Gasteiger partial charge in [0.2, 0.25) is 0 Å². The molecule has 10 nitrogen and oxygen atoms in total. The van der Waals surface area contributed by atoms with Gasteiger partial charge in [-0.2, -0.15) is 5.10 Å². The summed E-state index contributed by atoms with van der Waals surface area (Å²) in [6.45, 7) is -0.873. The molecule has 0 fully saturated rings. The molecular formula is C20H18F2N4O6. The third kappa shape index (κ3) is 5.42. The predicted octanol–water partition coefficient (Wildman–Crippen LogP) is 1.93. The third-order valence-corrected chi connectivity index (χ3v) is 4.46. The van der Waals surface area contributed by atoms with Gasteiger partial charge in [0.05, 0.1) is 17.6 Å². The minimum atomic E-state index is -1.34. The molecule has 2 atom stereocenters. The molecule has 2 unspecified atom stereocenters. The number of nitro groups is 1. The van der Waals surface area contributed by atoms with E-state index in [1.165, 1.54) is 41.2 Å². The summed E-state index contributed by atoms with van der Waals surface area (Å²) >= 11 is 0. The Bertz CT molecular complexity index is 1110. The Morgan fingerprint density at radius 1 is 1.22 bits per heavy atom. The summed E-state index contributed by atoms with van der Waals surface area (Å²) in [6, 6.07) is 8.07. The van der Waals surface area contributed by atoms with Crippen molar-refractivity contribution in [2.75, 3.05) is 6.61 Å². The highest BCUT2D eigenvalue weighted by atomic mass is 19.1. The maximum atomic E-state index is 13.6. The standard InChI is InChI=1S/C20H18F2N4O6/c21-13-3-6-18(15(22)9-13)32-11-25-8-7-16(24-25)20(29)23-17(10-27)19(28)12-1-4-14(5-2-12)26(30)31/h1-9,17,19,27-28H,10-11H2,(H,23,29). The number of hydrogen-bond acceptors (Lipinski definition) is 7. The summed E-state index contributed by atoms with van der Waals surface area (Å²) in [7, 11) is 0. The van der Waals surface area contributed by atoms with Crippen LogP contribution < -0.4 is 10.1 Å². The van der Waals surface area contributed by atoms with E-state index in [4.69, 9.17) is 4.74 Å². The van der Waals surface area contributed by atoms with Crippen molar-refractivity contribution in [2.24, 2.45) is 0 Å². The average Bonchev–Trinajstić information content (AvgIpc) is 3.25. The van der Waals surface area contributed by atoms with Crippen molar-refractivity contribution >= 4 is 11.6 Å². The van der Waals surface area contributed by atoms with Gasteiger partial charge in [0.1, 0.15) is 17.6 Å². The second-order valence-electron chi connectivity index (χ2n) is 6.64. The lowest BCUT2D eigenvalue weighted by molar-refractivity contribution is -0.384. The molecule has 0 aliphatic carbocycles. The normalized spacial score (nSPS) is 12.8. The van der Waals surface area contributed by atoms with E-state index in [1.807, 2.05) is 0 Å². The number of nitro benzene ring substituents is 1. The summed E-state index contributed by atoms with van der Waals surface area (Å²) < 4.78 is 32.9. The Morgan fingerprint density at radius 2 is 1.94 bits per heavy atom. The summed E-state index contributed by atoms with van der Waals surface area (Å²) in [5, 5.41) is 37.1.